The van der Waals surface area contributed by atoms with Gasteiger partial charge in [0.2, 0.25) is 0 Å². The van der Waals surface area contributed by atoms with Crippen molar-refractivity contribution in [3.63, 3.8) is 0 Å². The molecule has 0 saturated carbocycles. The lowest BCUT2D eigenvalue weighted by Crippen LogP contribution is -2.24. The highest BCUT2D eigenvalue weighted by Crippen LogP contribution is 2.25. The maximum absolute atomic E-state index is 9.91. The van der Waals surface area contributed by atoms with Crippen LogP contribution in [0.15, 0.2) is 36.4 Å². The van der Waals surface area contributed by atoms with E-state index in [0.717, 1.165) is 22.1 Å². The standard InChI is InChI=1S/C14H17NO2/c1-9(15)14(16)12-4-3-11-8-13(17-2)6-5-10(11)7-12/h3-9,14,16H,15H2,1-2H3/t9-,14-/m0/s1. The number of rotatable bonds is 3. The van der Waals surface area contributed by atoms with Crippen molar-refractivity contribution in [2.45, 2.75) is 19.1 Å². The van der Waals surface area contributed by atoms with E-state index in [2.05, 4.69) is 0 Å². The molecular formula is C14H17NO2. The van der Waals surface area contributed by atoms with Crippen molar-refractivity contribution in [1.82, 2.24) is 0 Å². The van der Waals surface area contributed by atoms with Crippen LogP contribution in [0, 0.1) is 0 Å². The van der Waals surface area contributed by atoms with Crippen LogP contribution >= 0.6 is 0 Å². The summed E-state index contributed by atoms with van der Waals surface area (Å²) in [6.07, 6.45) is -0.624. The second kappa shape index (κ2) is 4.73. The zero-order valence-electron chi connectivity index (χ0n) is 10.1. The smallest absolute Gasteiger partial charge is 0.119 e. The minimum atomic E-state index is -0.624. The molecule has 3 N–H and O–H groups in total. The second-order valence-electron chi connectivity index (χ2n) is 4.28. The van der Waals surface area contributed by atoms with Gasteiger partial charge in [-0.3, -0.25) is 0 Å². The molecule has 3 heteroatoms. The summed E-state index contributed by atoms with van der Waals surface area (Å²) in [5.41, 5.74) is 6.53. The average Bonchev–Trinajstić information content (AvgIpc) is 2.36. The first-order valence-corrected chi connectivity index (χ1v) is 5.63. The molecule has 90 valence electrons. The molecule has 17 heavy (non-hydrogen) atoms. The van der Waals surface area contributed by atoms with Crippen LogP contribution in [0.4, 0.5) is 0 Å². The molecule has 0 fully saturated rings. The van der Waals surface area contributed by atoms with E-state index in [1.54, 1.807) is 14.0 Å². The molecule has 0 heterocycles. The van der Waals surface area contributed by atoms with E-state index in [4.69, 9.17) is 10.5 Å². The Bertz CT molecular complexity index is 523. The van der Waals surface area contributed by atoms with Gasteiger partial charge in [0.1, 0.15) is 5.75 Å². The molecule has 0 aliphatic rings. The largest absolute Gasteiger partial charge is 0.497 e. The highest BCUT2D eigenvalue weighted by Gasteiger charge is 2.12. The Morgan fingerprint density at radius 2 is 1.76 bits per heavy atom. The summed E-state index contributed by atoms with van der Waals surface area (Å²) in [5, 5.41) is 12.1. The van der Waals surface area contributed by atoms with Crippen molar-refractivity contribution < 1.29 is 9.84 Å². The number of ether oxygens (including phenoxy) is 1. The minimum absolute atomic E-state index is 0.273. The van der Waals surface area contributed by atoms with Crippen LogP contribution in [-0.4, -0.2) is 18.3 Å². The first-order chi connectivity index (χ1) is 8.11. The third kappa shape index (κ3) is 2.40. The van der Waals surface area contributed by atoms with Crippen molar-refractivity contribution in [2.75, 3.05) is 7.11 Å². The topological polar surface area (TPSA) is 55.5 Å². The van der Waals surface area contributed by atoms with E-state index in [9.17, 15) is 5.11 Å². The van der Waals surface area contributed by atoms with Gasteiger partial charge in [-0.15, -0.1) is 0 Å². The monoisotopic (exact) mass is 231 g/mol. The Labute approximate surface area is 101 Å². The summed E-state index contributed by atoms with van der Waals surface area (Å²) in [5.74, 6) is 0.831. The Morgan fingerprint density at radius 1 is 1.12 bits per heavy atom. The molecule has 2 rings (SSSR count). The summed E-state index contributed by atoms with van der Waals surface area (Å²) in [7, 11) is 1.65. The lowest BCUT2D eigenvalue weighted by molar-refractivity contribution is 0.153. The molecule has 0 unspecified atom stereocenters. The number of aliphatic hydroxyl groups excluding tert-OH is 1. The van der Waals surface area contributed by atoms with Crippen molar-refractivity contribution in [2.24, 2.45) is 5.73 Å². The molecule has 2 atom stereocenters. The maximum atomic E-state index is 9.91. The first-order valence-electron chi connectivity index (χ1n) is 5.63. The molecule has 0 aliphatic heterocycles. The first kappa shape index (κ1) is 11.9. The van der Waals surface area contributed by atoms with Crippen LogP contribution < -0.4 is 10.5 Å². The fourth-order valence-corrected chi connectivity index (χ4v) is 1.86. The van der Waals surface area contributed by atoms with Gasteiger partial charge < -0.3 is 15.6 Å². The second-order valence-corrected chi connectivity index (χ2v) is 4.28. The highest BCUT2D eigenvalue weighted by molar-refractivity contribution is 5.84. The molecule has 3 nitrogen and oxygen atoms in total. The molecule has 0 amide bonds. The molecule has 0 aliphatic carbocycles. The van der Waals surface area contributed by atoms with Crippen molar-refractivity contribution in [3.8, 4) is 5.75 Å². The summed E-state index contributed by atoms with van der Waals surface area (Å²) in [4.78, 5) is 0. The fourth-order valence-electron chi connectivity index (χ4n) is 1.86. The number of nitrogens with two attached hydrogens (primary N) is 1. The van der Waals surface area contributed by atoms with Gasteiger partial charge in [-0.2, -0.15) is 0 Å². The van der Waals surface area contributed by atoms with Crippen LogP contribution in [0.1, 0.15) is 18.6 Å². The minimum Gasteiger partial charge on any atom is -0.497 e. The molecule has 2 aromatic carbocycles. The quantitative estimate of drug-likeness (QED) is 0.851. The van der Waals surface area contributed by atoms with Gasteiger partial charge in [0.15, 0.2) is 0 Å². The van der Waals surface area contributed by atoms with Crippen molar-refractivity contribution >= 4 is 10.8 Å². The average molecular weight is 231 g/mol. The van der Waals surface area contributed by atoms with E-state index in [1.807, 2.05) is 36.4 Å². The fraction of sp³-hybridized carbons (Fsp3) is 0.286. The maximum Gasteiger partial charge on any atom is 0.119 e. The molecule has 0 radical (unpaired) electrons. The normalized spacial score (nSPS) is 14.6. The molecule has 0 bridgehead atoms. The third-order valence-electron chi connectivity index (χ3n) is 2.91. The van der Waals surface area contributed by atoms with Gasteiger partial charge in [0.05, 0.1) is 13.2 Å². The van der Waals surface area contributed by atoms with Crippen LogP contribution in [0.2, 0.25) is 0 Å². The number of fused-ring (bicyclic) bond motifs is 1. The number of hydrogen-bond acceptors (Lipinski definition) is 3. The summed E-state index contributed by atoms with van der Waals surface area (Å²) >= 11 is 0. The molecule has 0 spiro atoms. The SMILES string of the molecule is COc1ccc2cc([C@@H](O)[C@H](C)N)ccc2c1. The zero-order valence-corrected chi connectivity index (χ0v) is 10.1. The Kier molecular flexibility index (Phi) is 3.31. The van der Waals surface area contributed by atoms with Gasteiger partial charge in [-0.05, 0) is 41.5 Å². The molecule has 0 saturated heterocycles. The van der Waals surface area contributed by atoms with Crippen molar-refractivity contribution in [1.29, 1.82) is 0 Å². The number of benzene rings is 2. The number of aliphatic hydroxyl groups is 1. The van der Waals surface area contributed by atoms with Gasteiger partial charge in [0.25, 0.3) is 0 Å². The van der Waals surface area contributed by atoms with Gasteiger partial charge in [-0.25, -0.2) is 0 Å². The lowest BCUT2D eigenvalue weighted by Gasteiger charge is -2.15. The number of hydrogen-bond donors (Lipinski definition) is 2. The van der Waals surface area contributed by atoms with Crippen molar-refractivity contribution in [3.05, 3.63) is 42.0 Å². The van der Waals surface area contributed by atoms with Gasteiger partial charge in [-0.1, -0.05) is 18.2 Å². The predicted molar refractivity (Wildman–Crippen MR) is 69.1 cm³/mol. The van der Waals surface area contributed by atoms with E-state index >= 15 is 0 Å². The highest BCUT2D eigenvalue weighted by atomic mass is 16.5. The van der Waals surface area contributed by atoms with Crippen LogP contribution in [0.3, 0.4) is 0 Å². The van der Waals surface area contributed by atoms with Gasteiger partial charge in [0, 0.05) is 6.04 Å². The third-order valence-corrected chi connectivity index (χ3v) is 2.91. The summed E-state index contributed by atoms with van der Waals surface area (Å²) < 4.78 is 5.17. The summed E-state index contributed by atoms with van der Waals surface area (Å²) in [6, 6.07) is 11.4. The van der Waals surface area contributed by atoms with E-state index in [1.165, 1.54) is 0 Å². The molecule has 0 aromatic heterocycles. The Hall–Kier alpha value is -1.58. The van der Waals surface area contributed by atoms with E-state index in [0.29, 0.717) is 0 Å². The van der Waals surface area contributed by atoms with E-state index < -0.39 is 6.10 Å². The van der Waals surface area contributed by atoms with E-state index in [-0.39, 0.29) is 6.04 Å². The number of methoxy groups -OCH3 is 1. The summed E-state index contributed by atoms with van der Waals surface area (Å²) in [6.45, 7) is 1.79. The van der Waals surface area contributed by atoms with Crippen LogP contribution in [-0.2, 0) is 0 Å². The predicted octanol–water partition coefficient (Wildman–Crippen LogP) is 2.23. The zero-order chi connectivity index (χ0) is 12.4. The Morgan fingerprint density at radius 3 is 2.41 bits per heavy atom. The lowest BCUT2D eigenvalue weighted by atomic mass is 10.00. The van der Waals surface area contributed by atoms with Crippen LogP contribution in [0.5, 0.6) is 5.75 Å². The Balaban J connectivity index is 2.44. The molecule has 2 aromatic rings. The van der Waals surface area contributed by atoms with Gasteiger partial charge >= 0.3 is 0 Å². The molecular weight excluding hydrogens is 214 g/mol. The van der Waals surface area contributed by atoms with Crippen LogP contribution in [0.25, 0.3) is 10.8 Å².